The molecule has 0 heterocycles. The van der Waals surface area contributed by atoms with Crippen molar-refractivity contribution in [3.05, 3.63) is 29.8 Å². The summed E-state index contributed by atoms with van der Waals surface area (Å²) in [5.74, 6) is -3.68. The van der Waals surface area contributed by atoms with Gasteiger partial charge in [0.2, 0.25) is 0 Å². The Kier molecular flexibility index (Phi) is 5.12. The third-order valence-corrected chi connectivity index (χ3v) is 3.06. The smallest absolute Gasteiger partial charge is 0.390 e. The van der Waals surface area contributed by atoms with Gasteiger partial charge in [0.05, 0.1) is 0 Å². The maximum absolute atomic E-state index is 11.6. The van der Waals surface area contributed by atoms with Gasteiger partial charge in [-0.15, -0.1) is 0 Å². The number of para-hydroxylation sites is 1. The maximum atomic E-state index is 11.6. The Balaban J connectivity index is 2.73. The van der Waals surface area contributed by atoms with Crippen molar-refractivity contribution in [1.29, 1.82) is 0 Å². The number of ketones is 1. The molecule has 0 fully saturated rings. The number of rotatable bonds is 4. The molecule has 20 heavy (non-hydrogen) atoms. The lowest BCUT2D eigenvalue weighted by atomic mass is 9.99. The molecule has 0 saturated carbocycles. The summed E-state index contributed by atoms with van der Waals surface area (Å²) < 4.78 is 0. The molecular formula is C12H13NO6S. The normalized spacial score (nSPS) is 13.2. The van der Waals surface area contributed by atoms with E-state index in [0.717, 1.165) is 6.92 Å². The van der Waals surface area contributed by atoms with Crippen molar-refractivity contribution in [2.24, 2.45) is 5.73 Å². The minimum Gasteiger partial charge on any atom is -0.507 e. The monoisotopic (exact) mass is 299 g/mol. The van der Waals surface area contributed by atoms with E-state index < -0.39 is 23.3 Å². The average molecular weight is 299 g/mol. The minimum absolute atomic E-state index is 0.198. The molecule has 0 spiro atoms. The highest BCUT2D eigenvalue weighted by Gasteiger charge is 2.41. The van der Waals surface area contributed by atoms with Gasteiger partial charge in [-0.3, -0.25) is 4.79 Å². The Labute approximate surface area is 120 Å². The number of hydrogen-bond acceptors (Lipinski definition) is 8. The standard InChI is InChI=1S/C12H13NO6S/c1-7(14)12(13,6-20)11(17)19-18-10(16)8-4-2-3-5-9(8)15/h2-5,15,20H,6,13H2,1H3/t12-/m1/s1. The van der Waals surface area contributed by atoms with Crippen molar-refractivity contribution in [3.8, 4) is 5.75 Å². The van der Waals surface area contributed by atoms with Crippen LogP contribution in [0.2, 0.25) is 0 Å². The SMILES string of the molecule is CC(=O)[C@](N)(CS)C(=O)OOC(=O)c1ccccc1O. The predicted octanol–water partition coefficient (Wildman–Crippen LogP) is 0.223. The van der Waals surface area contributed by atoms with E-state index in [-0.39, 0.29) is 17.1 Å². The molecule has 0 bridgehead atoms. The van der Waals surface area contributed by atoms with E-state index in [1.807, 2.05) is 0 Å². The van der Waals surface area contributed by atoms with Crippen LogP contribution in [-0.4, -0.2) is 34.1 Å². The van der Waals surface area contributed by atoms with Crippen LogP contribution in [0.1, 0.15) is 17.3 Å². The summed E-state index contributed by atoms with van der Waals surface area (Å²) in [5, 5.41) is 9.41. The van der Waals surface area contributed by atoms with Gasteiger partial charge in [-0.1, -0.05) is 12.1 Å². The summed E-state index contributed by atoms with van der Waals surface area (Å²) in [6.07, 6.45) is 0. The summed E-state index contributed by atoms with van der Waals surface area (Å²) in [4.78, 5) is 42.9. The van der Waals surface area contributed by atoms with Crippen LogP contribution in [0.5, 0.6) is 5.75 Å². The fourth-order valence-electron chi connectivity index (χ4n) is 1.16. The fourth-order valence-corrected chi connectivity index (χ4v) is 1.51. The number of aromatic hydroxyl groups is 1. The molecule has 0 aliphatic rings. The zero-order valence-corrected chi connectivity index (χ0v) is 11.4. The van der Waals surface area contributed by atoms with E-state index >= 15 is 0 Å². The second-order valence-corrected chi connectivity index (χ2v) is 4.26. The summed E-state index contributed by atoms with van der Waals surface area (Å²) in [6.45, 7) is 1.09. The molecule has 8 heteroatoms. The molecule has 1 aromatic rings. The van der Waals surface area contributed by atoms with Crippen LogP contribution in [0.25, 0.3) is 0 Å². The third kappa shape index (κ3) is 3.28. The molecule has 0 unspecified atom stereocenters. The average Bonchev–Trinajstić information content (AvgIpc) is 2.43. The summed E-state index contributed by atoms with van der Waals surface area (Å²) in [5.41, 5.74) is 3.30. The predicted molar refractivity (Wildman–Crippen MR) is 71.1 cm³/mol. The van der Waals surface area contributed by atoms with Crippen LogP contribution < -0.4 is 5.73 Å². The highest BCUT2D eigenvalue weighted by Crippen LogP contribution is 2.17. The summed E-state index contributed by atoms with van der Waals surface area (Å²) in [7, 11) is 0. The van der Waals surface area contributed by atoms with Gasteiger partial charge in [-0.05, 0) is 19.1 Å². The Morgan fingerprint density at radius 1 is 1.30 bits per heavy atom. The van der Waals surface area contributed by atoms with Gasteiger partial charge in [0.25, 0.3) is 0 Å². The minimum atomic E-state index is -2.00. The fraction of sp³-hybridized carbons (Fsp3) is 0.250. The molecule has 1 aromatic carbocycles. The molecule has 3 N–H and O–H groups in total. The number of phenols is 1. The first-order chi connectivity index (χ1) is 9.32. The van der Waals surface area contributed by atoms with Gasteiger partial charge in [0.1, 0.15) is 11.3 Å². The van der Waals surface area contributed by atoms with Crippen LogP contribution in [0.3, 0.4) is 0 Å². The Morgan fingerprint density at radius 2 is 1.90 bits per heavy atom. The van der Waals surface area contributed by atoms with Crippen molar-refractivity contribution >= 4 is 30.4 Å². The summed E-state index contributed by atoms with van der Waals surface area (Å²) >= 11 is 3.78. The first-order valence-corrected chi connectivity index (χ1v) is 6.08. The molecule has 0 amide bonds. The largest absolute Gasteiger partial charge is 0.507 e. The molecule has 0 saturated heterocycles. The van der Waals surface area contributed by atoms with E-state index in [2.05, 4.69) is 22.4 Å². The van der Waals surface area contributed by atoms with Crippen molar-refractivity contribution < 1.29 is 29.3 Å². The zero-order chi connectivity index (χ0) is 15.3. The van der Waals surface area contributed by atoms with E-state index in [0.29, 0.717) is 0 Å². The lowest BCUT2D eigenvalue weighted by Gasteiger charge is -2.20. The molecule has 0 aliphatic heterocycles. The Hall–Kier alpha value is -2.06. The number of thiol groups is 1. The number of phenolic OH excluding ortho intramolecular Hbond substituents is 1. The van der Waals surface area contributed by atoms with Crippen molar-refractivity contribution in [2.75, 3.05) is 5.75 Å². The molecule has 1 rings (SSSR count). The number of benzene rings is 1. The Morgan fingerprint density at radius 3 is 2.40 bits per heavy atom. The van der Waals surface area contributed by atoms with Crippen molar-refractivity contribution in [3.63, 3.8) is 0 Å². The van der Waals surface area contributed by atoms with Gasteiger partial charge in [-0.25, -0.2) is 19.4 Å². The second-order valence-electron chi connectivity index (χ2n) is 3.94. The lowest BCUT2D eigenvalue weighted by Crippen LogP contribution is -2.56. The number of hydrogen-bond donors (Lipinski definition) is 3. The van der Waals surface area contributed by atoms with Crippen LogP contribution >= 0.6 is 12.6 Å². The molecule has 0 aliphatic carbocycles. The van der Waals surface area contributed by atoms with Crippen LogP contribution in [0.15, 0.2) is 24.3 Å². The lowest BCUT2D eigenvalue weighted by molar-refractivity contribution is -0.238. The van der Waals surface area contributed by atoms with E-state index in [1.54, 1.807) is 0 Å². The number of carbonyl (C=O) groups is 3. The molecule has 7 nitrogen and oxygen atoms in total. The van der Waals surface area contributed by atoms with E-state index in [4.69, 9.17) is 5.73 Å². The highest BCUT2D eigenvalue weighted by molar-refractivity contribution is 7.80. The van der Waals surface area contributed by atoms with Gasteiger partial charge >= 0.3 is 11.9 Å². The summed E-state index contributed by atoms with van der Waals surface area (Å²) in [6, 6.07) is 5.51. The number of carbonyl (C=O) groups excluding carboxylic acids is 3. The van der Waals surface area contributed by atoms with Gasteiger partial charge in [0, 0.05) is 5.75 Å². The third-order valence-electron chi connectivity index (χ3n) is 2.56. The van der Waals surface area contributed by atoms with Crippen molar-refractivity contribution in [2.45, 2.75) is 12.5 Å². The molecular weight excluding hydrogens is 286 g/mol. The Bertz CT molecular complexity index is 547. The molecule has 0 radical (unpaired) electrons. The van der Waals surface area contributed by atoms with E-state index in [1.165, 1.54) is 24.3 Å². The number of nitrogens with two attached hydrogens (primary N) is 1. The van der Waals surface area contributed by atoms with Crippen LogP contribution in [-0.2, 0) is 19.4 Å². The maximum Gasteiger partial charge on any atom is 0.390 e. The van der Waals surface area contributed by atoms with Crippen LogP contribution in [0, 0.1) is 0 Å². The first kappa shape index (κ1) is 16.0. The quantitative estimate of drug-likeness (QED) is 0.315. The molecule has 108 valence electrons. The number of Topliss-reactive ketones (excluding diaryl/α,β-unsaturated/α-hetero) is 1. The van der Waals surface area contributed by atoms with Crippen molar-refractivity contribution in [1.82, 2.24) is 0 Å². The highest BCUT2D eigenvalue weighted by atomic mass is 32.1. The second kappa shape index (κ2) is 6.40. The first-order valence-electron chi connectivity index (χ1n) is 5.45. The zero-order valence-electron chi connectivity index (χ0n) is 10.5. The topological polar surface area (TPSA) is 116 Å². The molecule has 0 aromatic heterocycles. The molecule has 1 atom stereocenters. The van der Waals surface area contributed by atoms with Crippen LogP contribution in [0.4, 0.5) is 0 Å². The van der Waals surface area contributed by atoms with Gasteiger partial charge < -0.3 is 10.8 Å². The van der Waals surface area contributed by atoms with Gasteiger partial charge in [0.15, 0.2) is 11.3 Å². The van der Waals surface area contributed by atoms with Gasteiger partial charge in [-0.2, -0.15) is 12.6 Å². The van der Waals surface area contributed by atoms with E-state index in [9.17, 15) is 19.5 Å².